The lowest BCUT2D eigenvalue weighted by atomic mass is 10.3. The number of ether oxygens (including phenoxy) is 4. The summed E-state index contributed by atoms with van der Waals surface area (Å²) in [5, 5.41) is 0. The lowest BCUT2D eigenvalue weighted by molar-refractivity contribution is 0.0544. The Hall–Kier alpha value is -2.24. The van der Waals surface area contributed by atoms with E-state index in [1.54, 1.807) is 19.2 Å². The number of anilines is 1. The number of nitrogens with two attached hydrogens (primary N) is 1. The molecule has 0 aromatic heterocycles. The van der Waals surface area contributed by atoms with Crippen molar-refractivity contribution in [1.29, 1.82) is 0 Å². The van der Waals surface area contributed by atoms with E-state index >= 15 is 0 Å². The summed E-state index contributed by atoms with van der Waals surface area (Å²) in [6.45, 7) is 2.21. The fourth-order valence-corrected chi connectivity index (χ4v) is 1.74. The molecule has 5 heteroatoms. The van der Waals surface area contributed by atoms with Crippen molar-refractivity contribution in [3.63, 3.8) is 0 Å². The molecule has 0 heterocycles. The van der Waals surface area contributed by atoms with Gasteiger partial charge in [-0.1, -0.05) is 0 Å². The van der Waals surface area contributed by atoms with Crippen LogP contribution in [0.4, 0.5) is 5.69 Å². The van der Waals surface area contributed by atoms with E-state index in [2.05, 4.69) is 0 Å². The van der Waals surface area contributed by atoms with Gasteiger partial charge in [0.2, 0.25) is 0 Å². The highest BCUT2D eigenvalue weighted by Crippen LogP contribution is 2.24. The first-order chi connectivity index (χ1) is 10.8. The minimum absolute atomic E-state index is 0.502. The molecule has 118 valence electrons. The molecule has 2 rings (SSSR count). The van der Waals surface area contributed by atoms with E-state index in [0.717, 1.165) is 17.2 Å². The first kappa shape index (κ1) is 16.1. The van der Waals surface area contributed by atoms with E-state index in [1.165, 1.54) is 0 Å². The maximum atomic E-state index is 5.71. The summed E-state index contributed by atoms with van der Waals surface area (Å²) in [4.78, 5) is 0. The third-order valence-corrected chi connectivity index (χ3v) is 2.87. The third-order valence-electron chi connectivity index (χ3n) is 2.87. The summed E-state index contributed by atoms with van der Waals surface area (Å²) in [7, 11) is 1.65. The second-order valence-corrected chi connectivity index (χ2v) is 4.60. The Morgan fingerprint density at radius 2 is 1.27 bits per heavy atom. The smallest absolute Gasteiger partial charge is 0.127 e. The van der Waals surface area contributed by atoms with Crippen LogP contribution in [0.1, 0.15) is 0 Å². The van der Waals surface area contributed by atoms with Crippen molar-refractivity contribution in [2.24, 2.45) is 0 Å². The Kier molecular flexibility index (Phi) is 6.54. The molecular weight excluding hydrogens is 282 g/mol. The van der Waals surface area contributed by atoms with Crippen molar-refractivity contribution < 1.29 is 18.9 Å². The molecule has 2 aromatic carbocycles. The van der Waals surface area contributed by atoms with Gasteiger partial charge in [0.15, 0.2) is 0 Å². The zero-order valence-corrected chi connectivity index (χ0v) is 12.7. The topological polar surface area (TPSA) is 62.9 Å². The monoisotopic (exact) mass is 303 g/mol. The minimum Gasteiger partial charge on any atom is -0.491 e. The second kappa shape index (κ2) is 8.92. The van der Waals surface area contributed by atoms with E-state index in [-0.39, 0.29) is 0 Å². The molecule has 2 aromatic rings. The lowest BCUT2D eigenvalue weighted by Gasteiger charge is -2.09. The molecule has 0 aliphatic carbocycles. The predicted octanol–water partition coefficient (Wildman–Crippen LogP) is 3.10. The standard InChI is InChI=1S/C17H21NO4/c1-19-10-11-20-12-13-21-15-6-8-17(9-7-15)22-16-4-2-14(18)3-5-16/h2-9H,10-13,18H2,1H3. The minimum atomic E-state index is 0.502. The van der Waals surface area contributed by atoms with Crippen molar-refractivity contribution in [1.82, 2.24) is 0 Å². The zero-order chi connectivity index (χ0) is 15.6. The zero-order valence-electron chi connectivity index (χ0n) is 12.7. The molecule has 0 atom stereocenters. The molecule has 0 bridgehead atoms. The van der Waals surface area contributed by atoms with Gasteiger partial charge in [0.25, 0.3) is 0 Å². The van der Waals surface area contributed by atoms with Gasteiger partial charge in [-0.2, -0.15) is 0 Å². The number of hydrogen-bond acceptors (Lipinski definition) is 5. The van der Waals surface area contributed by atoms with Crippen LogP contribution in [0.25, 0.3) is 0 Å². The van der Waals surface area contributed by atoms with E-state index in [1.807, 2.05) is 36.4 Å². The summed E-state index contributed by atoms with van der Waals surface area (Å²) in [5.74, 6) is 2.27. The maximum Gasteiger partial charge on any atom is 0.127 e. The maximum absolute atomic E-state index is 5.71. The van der Waals surface area contributed by atoms with Crippen LogP contribution < -0.4 is 15.2 Å². The highest BCUT2D eigenvalue weighted by Gasteiger charge is 1.99. The number of benzene rings is 2. The van der Waals surface area contributed by atoms with Crippen LogP contribution in [0.3, 0.4) is 0 Å². The summed E-state index contributed by atoms with van der Waals surface area (Å²) >= 11 is 0. The molecule has 0 fully saturated rings. The third kappa shape index (κ3) is 5.63. The van der Waals surface area contributed by atoms with Gasteiger partial charge < -0.3 is 24.7 Å². The Morgan fingerprint density at radius 1 is 0.727 bits per heavy atom. The van der Waals surface area contributed by atoms with E-state index in [4.69, 9.17) is 24.7 Å². The van der Waals surface area contributed by atoms with Gasteiger partial charge >= 0.3 is 0 Å². The van der Waals surface area contributed by atoms with E-state index < -0.39 is 0 Å². The molecule has 0 amide bonds. The molecule has 0 saturated carbocycles. The van der Waals surface area contributed by atoms with Crippen molar-refractivity contribution in [3.05, 3.63) is 48.5 Å². The van der Waals surface area contributed by atoms with Crippen LogP contribution in [0.15, 0.2) is 48.5 Å². The summed E-state index contributed by atoms with van der Waals surface area (Å²) < 4.78 is 21.5. The molecule has 0 saturated heterocycles. The Morgan fingerprint density at radius 3 is 1.91 bits per heavy atom. The van der Waals surface area contributed by atoms with E-state index in [0.29, 0.717) is 32.1 Å². The summed E-state index contributed by atoms with van der Waals surface area (Å²) in [6, 6.07) is 14.7. The van der Waals surface area contributed by atoms with Gasteiger partial charge in [-0.05, 0) is 48.5 Å². The molecule has 0 aliphatic heterocycles. The lowest BCUT2D eigenvalue weighted by Crippen LogP contribution is -2.09. The fraction of sp³-hybridized carbons (Fsp3) is 0.294. The number of hydrogen-bond donors (Lipinski definition) is 1. The molecule has 0 aliphatic rings. The van der Waals surface area contributed by atoms with Crippen LogP contribution in [0.2, 0.25) is 0 Å². The average Bonchev–Trinajstić information content (AvgIpc) is 2.54. The highest BCUT2D eigenvalue weighted by atomic mass is 16.5. The van der Waals surface area contributed by atoms with Crippen LogP contribution in [0, 0.1) is 0 Å². The summed E-state index contributed by atoms with van der Waals surface area (Å²) in [6.07, 6.45) is 0. The van der Waals surface area contributed by atoms with Gasteiger partial charge in [0.05, 0.1) is 19.8 Å². The van der Waals surface area contributed by atoms with E-state index in [9.17, 15) is 0 Å². The summed E-state index contributed by atoms with van der Waals surface area (Å²) in [5.41, 5.74) is 6.35. The molecule has 2 N–H and O–H groups in total. The van der Waals surface area contributed by atoms with Crippen molar-refractivity contribution >= 4 is 5.69 Å². The van der Waals surface area contributed by atoms with Gasteiger partial charge in [0, 0.05) is 12.8 Å². The fourth-order valence-electron chi connectivity index (χ4n) is 1.74. The largest absolute Gasteiger partial charge is 0.491 e. The Labute approximate surface area is 130 Å². The van der Waals surface area contributed by atoms with Crippen molar-refractivity contribution in [3.8, 4) is 17.2 Å². The van der Waals surface area contributed by atoms with Crippen LogP contribution >= 0.6 is 0 Å². The SMILES string of the molecule is COCCOCCOc1ccc(Oc2ccc(N)cc2)cc1. The van der Waals surface area contributed by atoms with Crippen LogP contribution in [-0.4, -0.2) is 33.5 Å². The van der Waals surface area contributed by atoms with Crippen molar-refractivity contribution in [2.75, 3.05) is 39.3 Å². The molecule has 0 spiro atoms. The average molecular weight is 303 g/mol. The van der Waals surface area contributed by atoms with Gasteiger partial charge in [0.1, 0.15) is 23.9 Å². The number of rotatable bonds is 9. The number of methoxy groups -OCH3 is 1. The normalized spacial score (nSPS) is 10.4. The first-order valence-electron chi connectivity index (χ1n) is 7.11. The molecule has 22 heavy (non-hydrogen) atoms. The van der Waals surface area contributed by atoms with Gasteiger partial charge in [-0.3, -0.25) is 0 Å². The second-order valence-electron chi connectivity index (χ2n) is 4.60. The highest BCUT2D eigenvalue weighted by molar-refractivity contribution is 5.43. The van der Waals surface area contributed by atoms with Crippen LogP contribution in [-0.2, 0) is 9.47 Å². The quantitative estimate of drug-likeness (QED) is 0.569. The van der Waals surface area contributed by atoms with Crippen molar-refractivity contribution in [2.45, 2.75) is 0 Å². The molecular formula is C17H21NO4. The molecule has 0 radical (unpaired) electrons. The molecule has 0 unspecified atom stereocenters. The number of nitrogen functional groups attached to an aromatic ring is 1. The van der Waals surface area contributed by atoms with Gasteiger partial charge in [-0.25, -0.2) is 0 Å². The van der Waals surface area contributed by atoms with Gasteiger partial charge in [-0.15, -0.1) is 0 Å². The Bertz CT molecular complexity index is 540. The Balaban J connectivity index is 1.74. The predicted molar refractivity (Wildman–Crippen MR) is 85.6 cm³/mol. The molecule has 5 nitrogen and oxygen atoms in total. The van der Waals surface area contributed by atoms with Crippen LogP contribution in [0.5, 0.6) is 17.2 Å². The first-order valence-corrected chi connectivity index (χ1v) is 7.11.